The zero-order valence-corrected chi connectivity index (χ0v) is 18.0. The Morgan fingerprint density at radius 2 is 1.83 bits per heavy atom. The molecule has 2 aromatic carbocycles. The fourth-order valence-corrected chi connectivity index (χ4v) is 4.58. The number of amides is 1. The molecule has 0 aliphatic carbocycles. The quantitative estimate of drug-likeness (QED) is 0.357. The number of nitrogens with zero attached hydrogens (tertiary/aromatic N) is 1. The molecule has 1 fully saturated rings. The molecule has 0 bridgehead atoms. The molecule has 0 radical (unpaired) electrons. The van der Waals surface area contributed by atoms with Crippen molar-refractivity contribution in [3.8, 4) is 0 Å². The molecule has 3 nitrogen and oxygen atoms in total. The summed E-state index contributed by atoms with van der Waals surface area (Å²) in [6.45, 7) is 1.58. The van der Waals surface area contributed by atoms with Crippen LogP contribution in [0.15, 0.2) is 48.7 Å². The van der Waals surface area contributed by atoms with Crippen molar-refractivity contribution in [2.24, 2.45) is 0 Å². The first-order valence-electron chi connectivity index (χ1n) is 10.4. The first-order valence-corrected chi connectivity index (χ1v) is 11.3. The number of piperidine rings is 1. The largest absolute Gasteiger partial charge is 0.361 e. The van der Waals surface area contributed by atoms with Gasteiger partial charge in [-0.15, -0.1) is 11.6 Å². The Balaban J connectivity index is 1.43. The highest BCUT2D eigenvalue weighted by atomic mass is 35.5. The second kappa shape index (κ2) is 9.23. The molecule has 5 heteroatoms. The van der Waals surface area contributed by atoms with Gasteiger partial charge in [0, 0.05) is 46.7 Å². The second-order valence-corrected chi connectivity index (χ2v) is 8.65. The molecule has 4 rings (SSSR count). The van der Waals surface area contributed by atoms with Crippen molar-refractivity contribution in [1.29, 1.82) is 0 Å². The van der Waals surface area contributed by atoms with Crippen molar-refractivity contribution >= 4 is 40.0 Å². The summed E-state index contributed by atoms with van der Waals surface area (Å²) in [5.74, 6) is 1.32. The van der Waals surface area contributed by atoms with E-state index in [0.29, 0.717) is 11.8 Å². The minimum atomic E-state index is 0.134. The number of halogens is 2. The number of benzene rings is 2. The maximum atomic E-state index is 13.1. The van der Waals surface area contributed by atoms with Gasteiger partial charge in [-0.05, 0) is 79.5 Å². The summed E-state index contributed by atoms with van der Waals surface area (Å²) >= 11 is 11.8. The molecule has 152 valence electrons. The minimum absolute atomic E-state index is 0.134. The molecule has 1 aliphatic rings. The number of aryl methyl sites for hydroxylation is 1. The van der Waals surface area contributed by atoms with Crippen LogP contribution in [0, 0.1) is 0 Å². The van der Waals surface area contributed by atoms with E-state index in [0.717, 1.165) is 66.7 Å². The SMILES string of the molecule is O=C(c1ccc2[nH]cc(CCCCCl)c2c1)N1CCC(c2ccc(Cl)cc2)CC1. The van der Waals surface area contributed by atoms with Gasteiger partial charge in [0.1, 0.15) is 0 Å². The van der Waals surface area contributed by atoms with Gasteiger partial charge in [0.25, 0.3) is 5.91 Å². The van der Waals surface area contributed by atoms with Crippen LogP contribution in [0.4, 0.5) is 0 Å². The molecular weight excluding hydrogens is 403 g/mol. The van der Waals surface area contributed by atoms with Gasteiger partial charge in [0.05, 0.1) is 0 Å². The number of carbonyl (C=O) groups is 1. The Kier molecular flexibility index (Phi) is 6.46. The smallest absolute Gasteiger partial charge is 0.253 e. The van der Waals surface area contributed by atoms with Crippen molar-refractivity contribution in [2.45, 2.75) is 38.0 Å². The first kappa shape index (κ1) is 20.3. The molecular formula is C24H26Cl2N2O. The number of likely N-dealkylation sites (tertiary alicyclic amines) is 1. The number of unbranched alkanes of at least 4 members (excludes halogenated alkanes) is 1. The van der Waals surface area contributed by atoms with Gasteiger partial charge in [-0.25, -0.2) is 0 Å². The summed E-state index contributed by atoms with van der Waals surface area (Å²) in [7, 11) is 0. The number of carbonyl (C=O) groups excluding carboxylic acids is 1. The number of fused-ring (bicyclic) bond motifs is 1. The van der Waals surface area contributed by atoms with Crippen LogP contribution in [0.1, 0.15) is 53.1 Å². The third kappa shape index (κ3) is 4.62. The Hall–Kier alpha value is -1.97. The van der Waals surface area contributed by atoms with Crippen LogP contribution in [0.3, 0.4) is 0 Å². The lowest BCUT2D eigenvalue weighted by Crippen LogP contribution is -2.37. The monoisotopic (exact) mass is 428 g/mol. The fourth-order valence-electron chi connectivity index (χ4n) is 4.26. The third-order valence-corrected chi connectivity index (χ3v) is 6.49. The van der Waals surface area contributed by atoms with E-state index in [1.165, 1.54) is 11.1 Å². The highest BCUT2D eigenvalue weighted by Gasteiger charge is 2.25. The van der Waals surface area contributed by atoms with Crippen LogP contribution >= 0.6 is 23.2 Å². The predicted octanol–water partition coefficient (Wildman–Crippen LogP) is 6.40. The molecule has 1 amide bonds. The maximum Gasteiger partial charge on any atom is 0.253 e. The van der Waals surface area contributed by atoms with Crippen LogP contribution in [-0.2, 0) is 6.42 Å². The Labute approximate surface area is 182 Å². The van der Waals surface area contributed by atoms with Crippen molar-refractivity contribution in [3.63, 3.8) is 0 Å². The van der Waals surface area contributed by atoms with Crippen molar-refractivity contribution < 1.29 is 4.79 Å². The van der Waals surface area contributed by atoms with Crippen molar-refractivity contribution in [1.82, 2.24) is 9.88 Å². The highest BCUT2D eigenvalue weighted by molar-refractivity contribution is 6.30. The molecule has 1 aliphatic heterocycles. The van der Waals surface area contributed by atoms with Gasteiger partial charge < -0.3 is 9.88 Å². The third-order valence-electron chi connectivity index (χ3n) is 5.97. The molecule has 29 heavy (non-hydrogen) atoms. The zero-order chi connectivity index (χ0) is 20.2. The van der Waals surface area contributed by atoms with E-state index in [-0.39, 0.29) is 5.91 Å². The molecule has 0 saturated carbocycles. The van der Waals surface area contributed by atoms with Crippen LogP contribution < -0.4 is 0 Å². The second-order valence-electron chi connectivity index (χ2n) is 7.84. The summed E-state index contributed by atoms with van der Waals surface area (Å²) in [5.41, 5.74) is 4.45. The van der Waals surface area contributed by atoms with E-state index >= 15 is 0 Å². The molecule has 0 atom stereocenters. The lowest BCUT2D eigenvalue weighted by molar-refractivity contribution is 0.0713. The number of alkyl halides is 1. The van der Waals surface area contributed by atoms with E-state index in [1.54, 1.807) is 0 Å². The van der Waals surface area contributed by atoms with Gasteiger partial charge in [-0.3, -0.25) is 4.79 Å². The van der Waals surface area contributed by atoms with E-state index in [1.807, 2.05) is 29.2 Å². The zero-order valence-electron chi connectivity index (χ0n) is 16.5. The summed E-state index contributed by atoms with van der Waals surface area (Å²) in [6.07, 6.45) is 7.09. The fraction of sp³-hybridized carbons (Fsp3) is 0.375. The molecule has 1 aromatic heterocycles. The molecule has 0 spiro atoms. The molecule has 2 heterocycles. The molecule has 0 unspecified atom stereocenters. The normalized spacial score (nSPS) is 15.2. The number of H-pyrrole nitrogens is 1. The average molecular weight is 429 g/mol. The van der Waals surface area contributed by atoms with Crippen LogP contribution in [0.25, 0.3) is 10.9 Å². The van der Waals surface area contributed by atoms with Gasteiger partial charge in [-0.2, -0.15) is 0 Å². The minimum Gasteiger partial charge on any atom is -0.361 e. The number of hydrogen-bond donors (Lipinski definition) is 1. The predicted molar refractivity (Wildman–Crippen MR) is 121 cm³/mol. The number of aromatic amines is 1. The average Bonchev–Trinajstić information content (AvgIpc) is 3.16. The number of aromatic nitrogens is 1. The number of nitrogens with one attached hydrogen (secondary N) is 1. The van der Waals surface area contributed by atoms with Crippen LogP contribution in [-0.4, -0.2) is 34.8 Å². The molecule has 1 N–H and O–H groups in total. The number of hydrogen-bond acceptors (Lipinski definition) is 1. The first-order chi connectivity index (χ1) is 14.2. The van der Waals surface area contributed by atoms with Gasteiger partial charge in [-0.1, -0.05) is 23.7 Å². The lowest BCUT2D eigenvalue weighted by atomic mass is 9.89. The Bertz CT molecular complexity index is 972. The molecule has 3 aromatic rings. The van der Waals surface area contributed by atoms with E-state index in [2.05, 4.69) is 29.4 Å². The highest BCUT2D eigenvalue weighted by Crippen LogP contribution is 2.30. The van der Waals surface area contributed by atoms with Crippen LogP contribution in [0.5, 0.6) is 0 Å². The summed E-state index contributed by atoms with van der Waals surface area (Å²) < 4.78 is 0. The summed E-state index contributed by atoms with van der Waals surface area (Å²) in [4.78, 5) is 18.4. The lowest BCUT2D eigenvalue weighted by Gasteiger charge is -2.32. The van der Waals surface area contributed by atoms with Crippen molar-refractivity contribution in [2.75, 3.05) is 19.0 Å². The van der Waals surface area contributed by atoms with E-state index in [9.17, 15) is 4.79 Å². The standard InChI is InChI=1S/C24H26Cl2N2O/c25-12-2-1-3-20-16-27-23-9-6-19(15-22(20)23)24(29)28-13-10-18(11-14-28)17-4-7-21(26)8-5-17/h4-9,15-16,18,27H,1-3,10-14H2. The number of rotatable bonds is 6. The Morgan fingerprint density at radius 3 is 2.55 bits per heavy atom. The van der Waals surface area contributed by atoms with Gasteiger partial charge in [0.2, 0.25) is 0 Å². The topological polar surface area (TPSA) is 36.1 Å². The molecule has 1 saturated heterocycles. The van der Waals surface area contributed by atoms with Crippen LogP contribution in [0.2, 0.25) is 5.02 Å². The van der Waals surface area contributed by atoms with E-state index < -0.39 is 0 Å². The summed E-state index contributed by atoms with van der Waals surface area (Å²) in [5, 5.41) is 1.92. The van der Waals surface area contributed by atoms with Crippen molar-refractivity contribution in [3.05, 3.63) is 70.4 Å². The van der Waals surface area contributed by atoms with E-state index in [4.69, 9.17) is 23.2 Å². The summed E-state index contributed by atoms with van der Waals surface area (Å²) in [6, 6.07) is 14.1. The maximum absolute atomic E-state index is 13.1. The van der Waals surface area contributed by atoms with Gasteiger partial charge >= 0.3 is 0 Å². The van der Waals surface area contributed by atoms with Gasteiger partial charge in [0.15, 0.2) is 0 Å². The Morgan fingerprint density at radius 1 is 1.07 bits per heavy atom.